The van der Waals surface area contributed by atoms with Crippen molar-refractivity contribution < 1.29 is 22.6 Å². The summed E-state index contributed by atoms with van der Waals surface area (Å²) >= 11 is 0. The van der Waals surface area contributed by atoms with E-state index in [1.165, 1.54) is 4.90 Å². The highest BCUT2D eigenvalue weighted by Crippen LogP contribution is 2.42. The topological polar surface area (TPSA) is 57.8 Å². The Morgan fingerprint density at radius 2 is 1.62 bits per heavy atom. The number of rotatable bonds is 8. The lowest BCUT2D eigenvalue weighted by Crippen LogP contribution is -2.52. The number of benzene rings is 2. The molecule has 0 spiro atoms. The normalized spacial score (nSPS) is 17.8. The molecule has 1 N–H and O–H groups in total. The van der Waals surface area contributed by atoms with Crippen LogP contribution in [0.25, 0.3) is 11.1 Å². The number of aromatic amines is 1. The van der Waals surface area contributed by atoms with E-state index in [2.05, 4.69) is 9.88 Å². The zero-order valence-electron chi connectivity index (χ0n) is 24.6. The van der Waals surface area contributed by atoms with Crippen molar-refractivity contribution >= 4 is 5.69 Å². The SMILES string of the molecule is Cc1ccc(-c2ccc(CN3CCOCC3)cc2)c(N(Cc2c(C)cc(C)[nH]c2=O)C(C2CCOCC2)C(F)(F)F)c1. The van der Waals surface area contributed by atoms with Crippen molar-refractivity contribution in [2.75, 3.05) is 44.4 Å². The Morgan fingerprint density at radius 3 is 2.26 bits per heavy atom. The van der Waals surface area contributed by atoms with Crippen LogP contribution in [-0.4, -0.2) is 61.6 Å². The van der Waals surface area contributed by atoms with Crippen molar-refractivity contribution in [1.82, 2.24) is 9.88 Å². The van der Waals surface area contributed by atoms with Crippen LogP contribution in [0.5, 0.6) is 0 Å². The van der Waals surface area contributed by atoms with Crippen molar-refractivity contribution in [2.24, 2.45) is 5.92 Å². The molecule has 0 radical (unpaired) electrons. The summed E-state index contributed by atoms with van der Waals surface area (Å²) in [5.74, 6) is -0.659. The Labute approximate surface area is 245 Å². The molecule has 2 aromatic carbocycles. The summed E-state index contributed by atoms with van der Waals surface area (Å²) in [6.45, 7) is 9.87. The number of alkyl halides is 3. The first-order valence-corrected chi connectivity index (χ1v) is 14.7. The largest absolute Gasteiger partial charge is 0.409 e. The number of hydrogen-bond acceptors (Lipinski definition) is 5. The Hall–Kier alpha value is -3.14. The standard InChI is InChI=1S/C33H40F3N3O3/c1-22-4-9-28(26-7-5-25(6-8-26)20-38-12-16-42-17-13-38)30(18-22)39(21-29-23(2)19-24(3)37-32(29)40)31(33(34,35)36)27-10-14-41-15-11-27/h4-9,18-19,27,31H,10-17,20-21H2,1-3H3,(H,37,40). The fraction of sp³-hybridized carbons (Fsp3) is 0.485. The van der Waals surface area contributed by atoms with Gasteiger partial charge in [0.05, 0.1) is 13.2 Å². The second kappa shape index (κ2) is 13.0. The number of morpholine rings is 1. The summed E-state index contributed by atoms with van der Waals surface area (Å²) in [7, 11) is 0. The van der Waals surface area contributed by atoms with Gasteiger partial charge in [0.15, 0.2) is 0 Å². The smallest absolute Gasteiger partial charge is 0.381 e. The zero-order chi connectivity index (χ0) is 29.9. The molecule has 3 heterocycles. The van der Waals surface area contributed by atoms with Gasteiger partial charge in [0, 0.05) is 61.9 Å². The molecule has 226 valence electrons. The lowest BCUT2D eigenvalue weighted by atomic mass is 9.88. The van der Waals surface area contributed by atoms with Crippen LogP contribution in [0.2, 0.25) is 0 Å². The first-order valence-electron chi connectivity index (χ1n) is 14.7. The molecule has 0 aliphatic carbocycles. The van der Waals surface area contributed by atoms with Crippen molar-refractivity contribution in [1.29, 1.82) is 0 Å². The van der Waals surface area contributed by atoms with E-state index in [0.29, 0.717) is 54.1 Å². The number of nitrogens with zero attached hydrogens (tertiary/aromatic N) is 2. The third-order valence-electron chi connectivity index (χ3n) is 8.44. The van der Waals surface area contributed by atoms with Gasteiger partial charge in [0.25, 0.3) is 5.56 Å². The van der Waals surface area contributed by atoms with Crippen LogP contribution in [0.4, 0.5) is 18.9 Å². The van der Waals surface area contributed by atoms with Crippen molar-refractivity contribution in [3.63, 3.8) is 0 Å². The van der Waals surface area contributed by atoms with Crippen molar-refractivity contribution in [3.05, 3.63) is 86.8 Å². The number of nitrogens with one attached hydrogen (secondary N) is 1. The maximum absolute atomic E-state index is 15.1. The second-order valence-electron chi connectivity index (χ2n) is 11.6. The zero-order valence-corrected chi connectivity index (χ0v) is 24.6. The molecule has 1 atom stereocenters. The summed E-state index contributed by atoms with van der Waals surface area (Å²) in [6.07, 6.45) is -3.90. The Kier molecular flexibility index (Phi) is 9.40. The predicted molar refractivity (Wildman–Crippen MR) is 159 cm³/mol. The lowest BCUT2D eigenvalue weighted by Gasteiger charge is -2.42. The molecule has 2 aliphatic heterocycles. The van der Waals surface area contributed by atoms with Crippen LogP contribution in [0.15, 0.2) is 53.3 Å². The number of pyridine rings is 1. The summed E-state index contributed by atoms with van der Waals surface area (Å²) in [5.41, 5.74) is 5.36. The van der Waals surface area contributed by atoms with Crippen LogP contribution in [0, 0.1) is 26.7 Å². The van der Waals surface area contributed by atoms with E-state index in [0.717, 1.165) is 49.5 Å². The molecule has 9 heteroatoms. The summed E-state index contributed by atoms with van der Waals surface area (Å²) in [4.78, 5) is 19.7. The van der Waals surface area contributed by atoms with E-state index in [1.54, 1.807) is 13.8 Å². The van der Waals surface area contributed by atoms with Crippen molar-refractivity contribution in [3.8, 4) is 11.1 Å². The Balaban J connectivity index is 1.59. The molecular weight excluding hydrogens is 543 g/mol. The average molecular weight is 584 g/mol. The highest BCUT2D eigenvalue weighted by atomic mass is 19.4. The number of ether oxygens (including phenoxy) is 2. The summed E-state index contributed by atoms with van der Waals surface area (Å²) < 4.78 is 56.3. The van der Waals surface area contributed by atoms with Gasteiger partial charge in [-0.25, -0.2) is 0 Å². The molecule has 2 aliphatic rings. The molecular formula is C33H40F3N3O3. The Morgan fingerprint density at radius 1 is 0.952 bits per heavy atom. The fourth-order valence-electron chi connectivity index (χ4n) is 6.24. The van der Waals surface area contributed by atoms with Crippen LogP contribution in [0.1, 0.15) is 40.8 Å². The van der Waals surface area contributed by atoms with E-state index in [1.807, 2.05) is 55.5 Å². The number of anilines is 1. The van der Waals surface area contributed by atoms with E-state index in [4.69, 9.17) is 9.47 Å². The molecule has 0 saturated carbocycles. The quantitative estimate of drug-likeness (QED) is 0.344. The van der Waals surface area contributed by atoms with Gasteiger partial charge in [0.1, 0.15) is 6.04 Å². The van der Waals surface area contributed by atoms with E-state index in [9.17, 15) is 4.79 Å². The van der Waals surface area contributed by atoms with E-state index < -0.39 is 18.1 Å². The molecule has 2 saturated heterocycles. The summed E-state index contributed by atoms with van der Waals surface area (Å²) in [6, 6.07) is 13.8. The van der Waals surface area contributed by atoms with Gasteiger partial charge >= 0.3 is 6.18 Å². The van der Waals surface area contributed by atoms with E-state index >= 15 is 13.2 Å². The monoisotopic (exact) mass is 583 g/mol. The van der Waals surface area contributed by atoms with Gasteiger partial charge < -0.3 is 19.4 Å². The summed E-state index contributed by atoms with van der Waals surface area (Å²) in [5, 5.41) is 0. The number of hydrogen-bond donors (Lipinski definition) is 1. The van der Waals surface area contributed by atoms with Crippen LogP contribution >= 0.6 is 0 Å². The van der Waals surface area contributed by atoms with Gasteiger partial charge in [-0.15, -0.1) is 0 Å². The first-order chi connectivity index (χ1) is 20.1. The molecule has 6 nitrogen and oxygen atoms in total. The highest BCUT2D eigenvalue weighted by Gasteiger charge is 2.49. The molecule has 3 aromatic rings. The average Bonchev–Trinajstić information content (AvgIpc) is 2.95. The highest BCUT2D eigenvalue weighted by molar-refractivity contribution is 5.80. The number of H-pyrrole nitrogens is 1. The number of aryl methyl sites for hydroxylation is 3. The van der Waals surface area contributed by atoms with Crippen molar-refractivity contribution in [2.45, 2.75) is 58.9 Å². The maximum atomic E-state index is 15.1. The molecule has 1 unspecified atom stereocenters. The molecule has 1 aromatic heterocycles. The number of halogens is 3. The van der Waals surface area contributed by atoms with Gasteiger partial charge in [-0.2, -0.15) is 13.2 Å². The van der Waals surface area contributed by atoms with Crippen LogP contribution in [-0.2, 0) is 22.6 Å². The maximum Gasteiger partial charge on any atom is 0.409 e. The molecule has 5 rings (SSSR count). The van der Waals surface area contributed by atoms with Crippen LogP contribution in [0.3, 0.4) is 0 Å². The number of aromatic nitrogens is 1. The fourth-order valence-corrected chi connectivity index (χ4v) is 6.24. The lowest BCUT2D eigenvalue weighted by molar-refractivity contribution is -0.166. The molecule has 42 heavy (non-hydrogen) atoms. The van der Waals surface area contributed by atoms with Gasteiger partial charge in [-0.1, -0.05) is 36.4 Å². The Bertz CT molecular complexity index is 1410. The minimum Gasteiger partial charge on any atom is -0.381 e. The van der Waals surface area contributed by atoms with E-state index in [-0.39, 0.29) is 12.1 Å². The third kappa shape index (κ3) is 7.07. The minimum atomic E-state index is -4.52. The van der Waals surface area contributed by atoms with Crippen LogP contribution < -0.4 is 10.5 Å². The molecule has 2 fully saturated rings. The minimum absolute atomic E-state index is 0.158. The molecule has 0 bridgehead atoms. The van der Waals surface area contributed by atoms with Gasteiger partial charge in [0.2, 0.25) is 0 Å². The molecule has 0 amide bonds. The third-order valence-corrected chi connectivity index (χ3v) is 8.44. The predicted octanol–water partition coefficient (Wildman–Crippen LogP) is 6.16. The second-order valence-corrected chi connectivity index (χ2v) is 11.6. The van der Waals surface area contributed by atoms with Gasteiger partial charge in [-0.3, -0.25) is 9.69 Å². The first kappa shape index (κ1) is 30.3. The van der Waals surface area contributed by atoms with Gasteiger partial charge in [-0.05, 0) is 73.9 Å².